The lowest BCUT2D eigenvalue weighted by atomic mass is 10.1. The van der Waals surface area contributed by atoms with E-state index in [1.165, 1.54) is 0 Å². The van der Waals surface area contributed by atoms with Gasteiger partial charge >= 0.3 is 0 Å². The highest BCUT2D eigenvalue weighted by Gasteiger charge is 2.13. The maximum Gasteiger partial charge on any atom is 0.178 e. The molecule has 0 saturated carbocycles. The molecule has 0 heterocycles. The van der Waals surface area contributed by atoms with Crippen LogP contribution in [0.25, 0.3) is 0 Å². The Morgan fingerprint density at radius 2 is 2.00 bits per heavy atom. The third-order valence-electron chi connectivity index (χ3n) is 1.65. The van der Waals surface area contributed by atoms with Crippen molar-refractivity contribution >= 4 is 17.4 Å². The number of halogens is 3. The molecule has 0 aliphatic carbocycles. The lowest BCUT2D eigenvalue weighted by Gasteiger charge is -2.03. The Balaban J connectivity index is 3.09. The van der Waals surface area contributed by atoms with Crippen LogP contribution in [0.1, 0.15) is 10.4 Å². The minimum absolute atomic E-state index is 0.0140. The van der Waals surface area contributed by atoms with Crippen molar-refractivity contribution in [1.82, 2.24) is 5.32 Å². The Bertz CT molecular complexity index is 368. The second-order valence-corrected chi connectivity index (χ2v) is 3.11. The van der Waals surface area contributed by atoms with Crippen molar-refractivity contribution in [3.8, 4) is 0 Å². The van der Waals surface area contributed by atoms with Crippen molar-refractivity contribution in [3.63, 3.8) is 0 Å². The normalized spacial score (nSPS) is 10.3. The predicted molar refractivity (Wildman–Crippen MR) is 49.6 cm³/mol. The van der Waals surface area contributed by atoms with Crippen molar-refractivity contribution in [2.75, 3.05) is 13.6 Å². The molecule has 1 aromatic carbocycles. The summed E-state index contributed by atoms with van der Waals surface area (Å²) < 4.78 is 25.4. The number of Topliss-reactive ketones (excluding diaryl/α,β-unsaturated/α-hetero) is 1. The fraction of sp³-hybridized carbons (Fsp3) is 0.222. The summed E-state index contributed by atoms with van der Waals surface area (Å²) in [5, 5.41) is 2.52. The van der Waals surface area contributed by atoms with Gasteiger partial charge in [0.2, 0.25) is 0 Å². The summed E-state index contributed by atoms with van der Waals surface area (Å²) >= 11 is 5.58. The van der Waals surface area contributed by atoms with Crippen LogP contribution in [-0.2, 0) is 0 Å². The summed E-state index contributed by atoms with van der Waals surface area (Å²) in [6.07, 6.45) is 0. The van der Waals surface area contributed by atoms with Gasteiger partial charge in [0, 0.05) is 5.56 Å². The predicted octanol–water partition coefficient (Wildman–Crippen LogP) is 2.02. The van der Waals surface area contributed by atoms with E-state index in [2.05, 4.69) is 5.32 Å². The lowest BCUT2D eigenvalue weighted by Crippen LogP contribution is -2.19. The molecule has 0 aliphatic rings. The number of nitrogens with one attached hydrogen (secondary N) is 1. The van der Waals surface area contributed by atoms with E-state index >= 15 is 0 Å². The first-order valence-corrected chi connectivity index (χ1v) is 4.26. The van der Waals surface area contributed by atoms with Crippen LogP contribution in [0, 0.1) is 11.6 Å². The van der Waals surface area contributed by atoms with Gasteiger partial charge in [-0.25, -0.2) is 8.78 Å². The molecule has 0 spiro atoms. The molecule has 5 heteroatoms. The molecular formula is C9H8ClF2NO. The van der Waals surface area contributed by atoms with Gasteiger partial charge in [0.1, 0.15) is 0 Å². The number of rotatable bonds is 3. The number of hydrogen-bond acceptors (Lipinski definition) is 2. The first-order chi connectivity index (χ1) is 6.56. The van der Waals surface area contributed by atoms with Gasteiger partial charge in [-0.3, -0.25) is 4.79 Å². The zero-order chi connectivity index (χ0) is 10.7. The van der Waals surface area contributed by atoms with Gasteiger partial charge in [0.25, 0.3) is 0 Å². The highest BCUT2D eigenvalue weighted by Crippen LogP contribution is 2.20. The average Bonchev–Trinajstić information content (AvgIpc) is 2.11. The minimum Gasteiger partial charge on any atom is -0.313 e. The SMILES string of the molecule is CNCC(=O)c1cc(F)c(F)cc1Cl. The van der Waals surface area contributed by atoms with E-state index in [4.69, 9.17) is 11.6 Å². The van der Waals surface area contributed by atoms with Crippen LogP contribution >= 0.6 is 11.6 Å². The highest BCUT2D eigenvalue weighted by molar-refractivity contribution is 6.34. The summed E-state index contributed by atoms with van der Waals surface area (Å²) in [6.45, 7) is 0.0325. The van der Waals surface area contributed by atoms with E-state index in [1.807, 2.05) is 0 Å². The fourth-order valence-electron chi connectivity index (χ4n) is 0.992. The number of benzene rings is 1. The zero-order valence-corrected chi connectivity index (χ0v) is 8.16. The summed E-state index contributed by atoms with van der Waals surface area (Å²) in [5.74, 6) is -2.51. The number of hydrogen-bond donors (Lipinski definition) is 1. The van der Waals surface area contributed by atoms with Crippen molar-refractivity contribution in [2.24, 2.45) is 0 Å². The molecule has 0 fully saturated rings. The van der Waals surface area contributed by atoms with Gasteiger partial charge in [-0.15, -0.1) is 0 Å². The molecule has 0 bridgehead atoms. The van der Waals surface area contributed by atoms with Gasteiger partial charge in [-0.1, -0.05) is 11.6 Å². The molecule has 1 N–H and O–H groups in total. The molecule has 0 aromatic heterocycles. The Morgan fingerprint density at radius 3 is 2.57 bits per heavy atom. The molecule has 2 nitrogen and oxygen atoms in total. The topological polar surface area (TPSA) is 29.1 Å². The molecule has 0 unspecified atom stereocenters. The van der Waals surface area contributed by atoms with Crippen LogP contribution in [0.2, 0.25) is 5.02 Å². The van der Waals surface area contributed by atoms with E-state index < -0.39 is 11.6 Å². The van der Waals surface area contributed by atoms with Crippen molar-refractivity contribution < 1.29 is 13.6 Å². The van der Waals surface area contributed by atoms with Crippen LogP contribution in [0.4, 0.5) is 8.78 Å². The largest absolute Gasteiger partial charge is 0.313 e. The van der Waals surface area contributed by atoms with Crippen LogP contribution < -0.4 is 5.32 Å². The second kappa shape index (κ2) is 4.48. The monoisotopic (exact) mass is 219 g/mol. The molecular weight excluding hydrogens is 212 g/mol. The number of likely N-dealkylation sites (N-methyl/N-ethyl adjacent to an activating group) is 1. The first-order valence-electron chi connectivity index (χ1n) is 3.88. The maximum atomic E-state index is 12.8. The fourth-order valence-corrected chi connectivity index (χ4v) is 1.25. The van der Waals surface area contributed by atoms with Gasteiger partial charge in [0.15, 0.2) is 17.4 Å². The lowest BCUT2D eigenvalue weighted by molar-refractivity contribution is 0.0993. The van der Waals surface area contributed by atoms with Crippen molar-refractivity contribution in [1.29, 1.82) is 0 Å². The van der Waals surface area contributed by atoms with E-state index in [0.29, 0.717) is 0 Å². The highest BCUT2D eigenvalue weighted by atomic mass is 35.5. The van der Waals surface area contributed by atoms with Crippen LogP contribution in [0.3, 0.4) is 0 Å². The van der Waals surface area contributed by atoms with Crippen LogP contribution in [0.5, 0.6) is 0 Å². The van der Waals surface area contributed by atoms with E-state index in [1.54, 1.807) is 7.05 Å². The van der Waals surface area contributed by atoms with Crippen molar-refractivity contribution in [3.05, 3.63) is 34.4 Å². The molecule has 0 amide bonds. The summed E-state index contributed by atoms with van der Waals surface area (Å²) in [6, 6.07) is 1.59. The van der Waals surface area contributed by atoms with Crippen LogP contribution in [-0.4, -0.2) is 19.4 Å². The average molecular weight is 220 g/mol. The van der Waals surface area contributed by atoms with Gasteiger partial charge in [0.05, 0.1) is 11.6 Å². The first kappa shape index (κ1) is 11.1. The summed E-state index contributed by atoms with van der Waals surface area (Å²) in [7, 11) is 1.58. The Hall–Kier alpha value is -1.00. The molecule has 0 radical (unpaired) electrons. The second-order valence-electron chi connectivity index (χ2n) is 2.70. The molecule has 0 atom stereocenters. The Morgan fingerprint density at radius 1 is 1.43 bits per heavy atom. The quantitative estimate of drug-likeness (QED) is 0.623. The Kier molecular flexibility index (Phi) is 3.55. The molecule has 0 saturated heterocycles. The number of carbonyl (C=O) groups is 1. The van der Waals surface area contributed by atoms with Crippen LogP contribution in [0.15, 0.2) is 12.1 Å². The molecule has 1 rings (SSSR count). The van der Waals surface area contributed by atoms with Gasteiger partial charge in [-0.2, -0.15) is 0 Å². The van der Waals surface area contributed by atoms with Gasteiger partial charge < -0.3 is 5.32 Å². The van der Waals surface area contributed by atoms with E-state index in [9.17, 15) is 13.6 Å². The molecule has 1 aromatic rings. The standard InChI is InChI=1S/C9H8ClF2NO/c1-13-4-9(14)5-2-7(11)8(12)3-6(5)10/h2-3,13H,4H2,1H3. The van der Waals surface area contributed by atoms with Gasteiger partial charge in [-0.05, 0) is 19.2 Å². The molecule has 0 aliphatic heterocycles. The molecule has 76 valence electrons. The Labute approximate surface area is 84.9 Å². The zero-order valence-electron chi connectivity index (χ0n) is 7.40. The van der Waals surface area contributed by atoms with E-state index in [0.717, 1.165) is 12.1 Å². The van der Waals surface area contributed by atoms with Crippen molar-refractivity contribution in [2.45, 2.75) is 0 Å². The number of carbonyl (C=O) groups excluding carboxylic acids is 1. The number of ketones is 1. The third-order valence-corrected chi connectivity index (χ3v) is 1.96. The smallest absolute Gasteiger partial charge is 0.178 e. The van der Waals surface area contributed by atoms with E-state index in [-0.39, 0.29) is 22.9 Å². The summed E-state index contributed by atoms with van der Waals surface area (Å²) in [4.78, 5) is 11.3. The maximum absolute atomic E-state index is 12.8. The third kappa shape index (κ3) is 2.27. The summed E-state index contributed by atoms with van der Waals surface area (Å²) in [5.41, 5.74) is -0.0140. The minimum atomic E-state index is -1.08. The molecule has 14 heavy (non-hydrogen) atoms.